The van der Waals surface area contributed by atoms with E-state index in [2.05, 4.69) is 46.8 Å². The highest BCUT2D eigenvalue weighted by atomic mass is 16.5. The number of guanidine groups is 1. The first-order chi connectivity index (χ1) is 11.3. The van der Waals surface area contributed by atoms with Gasteiger partial charge in [0.1, 0.15) is 0 Å². The number of ether oxygens (including phenoxy) is 1. The van der Waals surface area contributed by atoms with E-state index in [1.807, 2.05) is 13.1 Å². The summed E-state index contributed by atoms with van der Waals surface area (Å²) in [6.07, 6.45) is 6.81. The highest BCUT2D eigenvalue weighted by Gasteiger charge is 2.24. The van der Waals surface area contributed by atoms with Gasteiger partial charge in [-0.1, -0.05) is 43.2 Å². The van der Waals surface area contributed by atoms with Gasteiger partial charge in [-0.3, -0.25) is 4.99 Å². The molecule has 1 fully saturated rings. The van der Waals surface area contributed by atoms with E-state index in [0.29, 0.717) is 6.10 Å². The van der Waals surface area contributed by atoms with E-state index >= 15 is 0 Å². The molecule has 1 aliphatic carbocycles. The van der Waals surface area contributed by atoms with Crippen LogP contribution in [0.15, 0.2) is 35.3 Å². The minimum atomic E-state index is 0.391. The minimum Gasteiger partial charge on any atom is -0.378 e. The Morgan fingerprint density at radius 2 is 1.96 bits per heavy atom. The summed E-state index contributed by atoms with van der Waals surface area (Å²) < 4.78 is 5.97. The molecule has 1 aliphatic rings. The second-order valence-corrected chi connectivity index (χ2v) is 6.17. The standard InChI is InChI=1S/C19H31N3O/c1-3-23-18(17-11-7-8-12-17)13-14-21-19(20-2)22-15-16-9-5-4-6-10-16/h4-6,9-10,17-18H,3,7-8,11-15H2,1-2H3,(H2,20,21,22). The van der Waals surface area contributed by atoms with Crippen LogP contribution in [0.25, 0.3) is 0 Å². The van der Waals surface area contributed by atoms with Gasteiger partial charge in [0.2, 0.25) is 0 Å². The van der Waals surface area contributed by atoms with Crippen molar-refractivity contribution in [2.45, 2.75) is 51.7 Å². The molecule has 4 heteroatoms. The van der Waals surface area contributed by atoms with Gasteiger partial charge in [-0.05, 0) is 37.7 Å². The van der Waals surface area contributed by atoms with Crippen molar-refractivity contribution in [3.8, 4) is 0 Å². The Hall–Kier alpha value is -1.55. The summed E-state index contributed by atoms with van der Waals surface area (Å²) in [6.45, 7) is 4.59. The SMILES string of the molecule is CCOC(CCNC(=NC)NCc1ccccc1)C1CCCC1. The average molecular weight is 317 g/mol. The average Bonchev–Trinajstić information content (AvgIpc) is 3.12. The van der Waals surface area contributed by atoms with Crippen LogP contribution in [0.2, 0.25) is 0 Å². The van der Waals surface area contributed by atoms with E-state index in [1.54, 1.807) is 0 Å². The molecule has 0 aromatic heterocycles. The van der Waals surface area contributed by atoms with Crippen LogP contribution >= 0.6 is 0 Å². The monoisotopic (exact) mass is 317 g/mol. The van der Waals surface area contributed by atoms with Gasteiger partial charge in [0.15, 0.2) is 5.96 Å². The van der Waals surface area contributed by atoms with Crippen molar-refractivity contribution in [1.82, 2.24) is 10.6 Å². The smallest absolute Gasteiger partial charge is 0.191 e. The number of benzene rings is 1. The van der Waals surface area contributed by atoms with Crippen LogP contribution in [-0.2, 0) is 11.3 Å². The third-order valence-corrected chi connectivity index (χ3v) is 4.55. The quantitative estimate of drug-likeness (QED) is 0.571. The molecular formula is C19H31N3O. The molecule has 0 saturated heterocycles. The maximum absolute atomic E-state index is 5.97. The molecule has 1 atom stereocenters. The zero-order valence-corrected chi connectivity index (χ0v) is 14.6. The number of hydrogen-bond donors (Lipinski definition) is 2. The Bertz CT molecular complexity index is 455. The number of aliphatic imine (C=N–C) groups is 1. The van der Waals surface area contributed by atoms with E-state index in [9.17, 15) is 0 Å². The molecule has 23 heavy (non-hydrogen) atoms. The molecule has 0 aliphatic heterocycles. The zero-order valence-electron chi connectivity index (χ0n) is 14.6. The molecule has 0 amide bonds. The van der Waals surface area contributed by atoms with Crippen LogP contribution in [0.1, 0.15) is 44.6 Å². The highest BCUT2D eigenvalue weighted by molar-refractivity contribution is 5.79. The molecule has 2 rings (SSSR count). The van der Waals surface area contributed by atoms with Crippen molar-refractivity contribution in [3.63, 3.8) is 0 Å². The first-order valence-electron chi connectivity index (χ1n) is 8.93. The topological polar surface area (TPSA) is 45.6 Å². The van der Waals surface area contributed by atoms with Crippen LogP contribution in [0.5, 0.6) is 0 Å². The lowest BCUT2D eigenvalue weighted by molar-refractivity contribution is 0.0169. The first kappa shape index (κ1) is 17.8. The van der Waals surface area contributed by atoms with Gasteiger partial charge < -0.3 is 15.4 Å². The Kier molecular flexibility index (Phi) is 7.95. The van der Waals surface area contributed by atoms with Crippen molar-refractivity contribution in [1.29, 1.82) is 0 Å². The molecule has 1 saturated carbocycles. The summed E-state index contributed by atoms with van der Waals surface area (Å²) >= 11 is 0. The third-order valence-electron chi connectivity index (χ3n) is 4.55. The third kappa shape index (κ3) is 6.22. The van der Waals surface area contributed by atoms with E-state index in [0.717, 1.165) is 38.0 Å². The molecule has 0 bridgehead atoms. The molecule has 4 nitrogen and oxygen atoms in total. The van der Waals surface area contributed by atoms with E-state index in [-0.39, 0.29) is 0 Å². The van der Waals surface area contributed by atoms with Gasteiger partial charge in [0, 0.05) is 26.7 Å². The maximum atomic E-state index is 5.97. The summed E-state index contributed by atoms with van der Waals surface area (Å²) in [7, 11) is 1.82. The molecule has 1 unspecified atom stereocenters. The normalized spacial score (nSPS) is 17.2. The first-order valence-corrected chi connectivity index (χ1v) is 8.93. The fraction of sp³-hybridized carbons (Fsp3) is 0.632. The second kappa shape index (κ2) is 10.3. The Labute approximate surface area is 140 Å². The van der Waals surface area contributed by atoms with Gasteiger partial charge >= 0.3 is 0 Å². The van der Waals surface area contributed by atoms with Gasteiger partial charge in [-0.25, -0.2) is 0 Å². The van der Waals surface area contributed by atoms with E-state index < -0.39 is 0 Å². The lowest BCUT2D eigenvalue weighted by Crippen LogP contribution is -2.39. The molecule has 1 aromatic rings. The Morgan fingerprint density at radius 3 is 2.61 bits per heavy atom. The van der Waals surface area contributed by atoms with Crippen molar-refractivity contribution < 1.29 is 4.74 Å². The molecule has 2 N–H and O–H groups in total. The van der Waals surface area contributed by atoms with Gasteiger partial charge in [-0.15, -0.1) is 0 Å². The number of nitrogens with zero attached hydrogens (tertiary/aromatic N) is 1. The number of hydrogen-bond acceptors (Lipinski definition) is 2. The van der Waals surface area contributed by atoms with E-state index in [4.69, 9.17) is 4.74 Å². The number of nitrogens with one attached hydrogen (secondary N) is 2. The van der Waals surface area contributed by atoms with Crippen LogP contribution < -0.4 is 10.6 Å². The summed E-state index contributed by atoms with van der Waals surface area (Å²) in [5, 5.41) is 6.77. The van der Waals surface area contributed by atoms with Gasteiger partial charge in [0.05, 0.1) is 6.10 Å². The number of rotatable bonds is 8. The lowest BCUT2D eigenvalue weighted by Gasteiger charge is -2.24. The molecule has 1 aromatic carbocycles. The van der Waals surface area contributed by atoms with Crippen LogP contribution in [-0.4, -0.2) is 32.3 Å². The Morgan fingerprint density at radius 1 is 1.22 bits per heavy atom. The molecule has 0 heterocycles. The molecule has 0 radical (unpaired) electrons. The van der Waals surface area contributed by atoms with Crippen molar-refractivity contribution in [2.75, 3.05) is 20.2 Å². The molecule has 128 valence electrons. The van der Waals surface area contributed by atoms with Crippen LogP contribution in [0.4, 0.5) is 0 Å². The molecule has 0 spiro atoms. The van der Waals surface area contributed by atoms with Crippen molar-refractivity contribution >= 4 is 5.96 Å². The lowest BCUT2D eigenvalue weighted by atomic mass is 9.98. The zero-order chi connectivity index (χ0) is 16.3. The van der Waals surface area contributed by atoms with Crippen LogP contribution in [0.3, 0.4) is 0 Å². The van der Waals surface area contributed by atoms with E-state index in [1.165, 1.54) is 31.2 Å². The second-order valence-electron chi connectivity index (χ2n) is 6.17. The Balaban J connectivity index is 1.71. The highest BCUT2D eigenvalue weighted by Crippen LogP contribution is 2.30. The van der Waals surface area contributed by atoms with Crippen molar-refractivity contribution in [3.05, 3.63) is 35.9 Å². The molecular weight excluding hydrogens is 286 g/mol. The van der Waals surface area contributed by atoms with Gasteiger partial charge in [0.25, 0.3) is 0 Å². The summed E-state index contributed by atoms with van der Waals surface area (Å²) in [5.74, 6) is 1.60. The minimum absolute atomic E-state index is 0.391. The fourth-order valence-corrected chi connectivity index (χ4v) is 3.33. The van der Waals surface area contributed by atoms with Crippen LogP contribution in [0, 0.1) is 5.92 Å². The van der Waals surface area contributed by atoms with Gasteiger partial charge in [-0.2, -0.15) is 0 Å². The largest absolute Gasteiger partial charge is 0.378 e. The summed E-state index contributed by atoms with van der Waals surface area (Å²) in [4.78, 5) is 4.30. The fourth-order valence-electron chi connectivity index (χ4n) is 3.33. The summed E-state index contributed by atoms with van der Waals surface area (Å²) in [6, 6.07) is 10.4. The maximum Gasteiger partial charge on any atom is 0.191 e. The predicted octanol–water partition coefficient (Wildman–Crippen LogP) is 3.34. The van der Waals surface area contributed by atoms with Crippen molar-refractivity contribution in [2.24, 2.45) is 10.9 Å². The summed E-state index contributed by atoms with van der Waals surface area (Å²) in [5.41, 5.74) is 1.26. The predicted molar refractivity (Wildman–Crippen MR) is 96.6 cm³/mol.